The molecule has 2 heteroatoms. The van der Waals surface area contributed by atoms with Crippen molar-refractivity contribution in [2.75, 3.05) is 0 Å². The van der Waals surface area contributed by atoms with Crippen molar-refractivity contribution in [2.45, 2.75) is 38.8 Å². The number of hydrogen-bond donors (Lipinski definition) is 1. The summed E-state index contributed by atoms with van der Waals surface area (Å²) in [5.74, 6) is 0. The summed E-state index contributed by atoms with van der Waals surface area (Å²) in [5.41, 5.74) is 5.05. The zero-order chi connectivity index (χ0) is 12.5. The molecule has 1 atom stereocenters. The Balaban J connectivity index is 1.97. The topological polar surface area (TPSA) is 25.2 Å². The highest BCUT2D eigenvalue weighted by Crippen LogP contribution is 2.32. The average molecular weight is 241 g/mol. The molecular weight excluding hydrogens is 222 g/mol. The fraction of sp³-hybridized carbons (Fsp3) is 0.375. The van der Waals surface area contributed by atoms with Crippen LogP contribution in [0.25, 0.3) is 0 Å². The van der Waals surface area contributed by atoms with Crippen molar-refractivity contribution in [2.24, 2.45) is 0 Å². The minimum absolute atomic E-state index is 0.260. The normalized spacial score (nSPS) is 18.7. The number of rotatable bonds is 2. The Labute approximate surface area is 108 Å². The average Bonchev–Trinajstić information content (AvgIpc) is 2.70. The first-order valence-electron chi connectivity index (χ1n) is 6.66. The van der Waals surface area contributed by atoms with Crippen molar-refractivity contribution >= 4 is 0 Å². The van der Waals surface area contributed by atoms with Crippen molar-refractivity contribution in [3.8, 4) is 0 Å². The Morgan fingerprint density at radius 2 is 2.06 bits per heavy atom. The number of fused-ring (bicyclic) bond motifs is 1. The van der Waals surface area contributed by atoms with E-state index in [9.17, 15) is 5.11 Å². The summed E-state index contributed by atoms with van der Waals surface area (Å²) in [5, 5.41) is 10.1. The van der Waals surface area contributed by atoms with Crippen LogP contribution in [-0.4, -0.2) is 9.67 Å². The fourth-order valence-electron chi connectivity index (χ4n) is 2.93. The highest BCUT2D eigenvalue weighted by Gasteiger charge is 2.22. The van der Waals surface area contributed by atoms with E-state index in [1.54, 1.807) is 0 Å². The quantitative estimate of drug-likeness (QED) is 0.858. The van der Waals surface area contributed by atoms with Crippen LogP contribution in [0.1, 0.15) is 41.5 Å². The molecule has 1 aliphatic rings. The maximum absolute atomic E-state index is 10.1. The Bertz CT molecular complexity index is 542. The van der Waals surface area contributed by atoms with Crippen molar-refractivity contribution in [1.29, 1.82) is 0 Å². The van der Waals surface area contributed by atoms with E-state index in [4.69, 9.17) is 0 Å². The lowest BCUT2D eigenvalue weighted by Crippen LogP contribution is -2.13. The van der Waals surface area contributed by atoms with Crippen LogP contribution >= 0.6 is 0 Å². The molecule has 3 rings (SSSR count). The van der Waals surface area contributed by atoms with Gasteiger partial charge in [0, 0.05) is 23.5 Å². The van der Waals surface area contributed by atoms with E-state index in [2.05, 4.69) is 41.8 Å². The van der Waals surface area contributed by atoms with Gasteiger partial charge in [-0.3, -0.25) is 0 Å². The predicted octanol–water partition coefficient (Wildman–Crippen LogP) is 3.21. The Hall–Kier alpha value is -1.54. The molecule has 0 saturated heterocycles. The summed E-state index contributed by atoms with van der Waals surface area (Å²) < 4.78 is 2.35. The monoisotopic (exact) mass is 241 g/mol. The van der Waals surface area contributed by atoms with Crippen molar-refractivity contribution < 1.29 is 5.11 Å². The number of aliphatic hydroxyl groups excluding tert-OH is 1. The van der Waals surface area contributed by atoms with Crippen LogP contribution in [0.5, 0.6) is 0 Å². The van der Waals surface area contributed by atoms with Gasteiger partial charge in [0.25, 0.3) is 0 Å². The molecular formula is C16H19NO. The Kier molecular flexibility index (Phi) is 2.96. The van der Waals surface area contributed by atoms with Gasteiger partial charge in [-0.25, -0.2) is 0 Å². The maximum atomic E-state index is 10.1. The SMILES string of the molecule is Cc1cc2c(n1Cc1ccccc1)CCCC2O. The molecule has 94 valence electrons. The summed E-state index contributed by atoms with van der Waals surface area (Å²) in [7, 11) is 0. The zero-order valence-corrected chi connectivity index (χ0v) is 10.8. The number of aliphatic hydroxyl groups is 1. The van der Waals surface area contributed by atoms with Gasteiger partial charge in [-0.1, -0.05) is 30.3 Å². The number of nitrogens with zero attached hydrogens (tertiary/aromatic N) is 1. The lowest BCUT2D eigenvalue weighted by molar-refractivity contribution is 0.156. The largest absolute Gasteiger partial charge is 0.388 e. The van der Waals surface area contributed by atoms with Gasteiger partial charge in [0.05, 0.1) is 6.10 Å². The van der Waals surface area contributed by atoms with Gasteiger partial charge in [-0.05, 0) is 37.8 Å². The maximum Gasteiger partial charge on any atom is 0.0807 e. The molecule has 1 N–H and O–H groups in total. The number of aryl methyl sites for hydroxylation is 1. The second-order valence-corrected chi connectivity index (χ2v) is 5.17. The summed E-state index contributed by atoms with van der Waals surface area (Å²) in [4.78, 5) is 0. The molecule has 1 unspecified atom stereocenters. The molecule has 0 radical (unpaired) electrons. The van der Waals surface area contributed by atoms with Crippen molar-refractivity contribution in [3.63, 3.8) is 0 Å². The lowest BCUT2D eigenvalue weighted by atomic mass is 9.95. The predicted molar refractivity (Wildman–Crippen MR) is 72.6 cm³/mol. The molecule has 18 heavy (non-hydrogen) atoms. The van der Waals surface area contributed by atoms with Crippen LogP contribution in [-0.2, 0) is 13.0 Å². The van der Waals surface area contributed by atoms with Gasteiger partial charge < -0.3 is 9.67 Å². The van der Waals surface area contributed by atoms with Crippen LogP contribution in [0.3, 0.4) is 0 Å². The molecule has 0 aliphatic heterocycles. The van der Waals surface area contributed by atoms with E-state index in [0.717, 1.165) is 31.4 Å². The van der Waals surface area contributed by atoms with E-state index in [1.807, 2.05) is 6.07 Å². The van der Waals surface area contributed by atoms with Gasteiger partial charge in [0.2, 0.25) is 0 Å². The highest BCUT2D eigenvalue weighted by atomic mass is 16.3. The molecule has 0 saturated carbocycles. The molecule has 0 bridgehead atoms. The molecule has 0 spiro atoms. The summed E-state index contributed by atoms with van der Waals surface area (Å²) >= 11 is 0. The summed E-state index contributed by atoms with van der Waals surface area (Å²) in [6.07, 6.45) is 2.82. The highest BCUT2D eigenvalue weighted by molar-refractivity contribution is 5.33. The van der Waals surface area contributed by atoms with Crippen LogP contribution in [0.2, 0.25) is 0 Å². The molecule has 1 heterocycles. The van der Waals surface area contributed by atoms with Gasteiger partial charge in [0.15, 0.2) is 0 Å². The molecule has 1 aromatic carbocycles. The lowest BCUT2D eigenvalue weighted by Gasteiger charge is -2.20. The van der Waals surface area contributed by atoms with E-state index >= 15 is 0 Å². The van der Waals surface area contributed by atoms with E-state index in [1.165, 1.54) is 17.0 Å². The Morgan fingerprint density at radius 3 is 2.83 bits per heavy atom. The third-order valence-corrected chi connectivity index (χ3v) is 3.88. The van der Waals surface area contributed by atoms with Gasteiger partial charge in [-0.15, -0.1) is 0 Å². The molecule has 1 aliphatic carbocycles. The second-order valence-electron chi connectivity index (χ2n) is 5.17. The minimum atomic E-state index is -0.260. The molecule has 2 nitrogen and oxygen atoms in total. The number of aromatic nitrogens is 1. The van der Waals surface area contributed by atoms with Gasteiger partial charge in [-0.2, -0.15) is 0 Å². The number of benzene rings is 1. The second kappa shape index (κ2) is 4.62. The van der Waals surface area contributed by atoms with Crippen molar-refractivity contribution in [3.05, 3.63) is 58.9 Å². The fourth-order valence-corrected chi connectivity index (χ4v) is 2.93. The first-order valence-corrected chi connectivity index (χ1v) is 6.66. The van der Waals surface area contributed by atoms with Crippen LogP contribution in [0.15, 0.2) is 36.4 Å². The summed E-state index contributed by atoms with van der Waals surface area (Å²) in [6, 6.07) is 12.7. The third-order valence-electron chi connectivity index (χ3n) is 3.88. The summed E-state index contributed by atoms with van der Waals surface area (Å²) in [6.45, 7) is 3.04. The minimum Gasteiger partial charge on any atom is -0.388 e. The molecule has 0 amide bonds. The Morgan fingerprint density at radius 1 is 1.28 bits per heavy atom. The van der Waals surface area contributed by atoms with Gasteiger partial charge in [0.1, 0.15) is 0 Å². The van der Waals surface area contributed by atoms with E-state index in [0.29, 0.717) is 0 Å². The smallest absolute Gasteiger partial charge is 0.0807 e. The molecule has 0 fully saturated rings. The third kappa shape index (κ3) is 1.97. The zero-order valence-electron chi connectivity index (χ0n) is 10.8. The molecule has 1 aromatic heterocycles. The first kappa shape index (κ1) is 11.5. The van der Waals surface area contributed by atoms with Crippen LogP contribution in [0.4, 0.5) is 0 Å². The van der Waals surface area contributed by atoms with E-state index < -0.39 is 0 Å². The van der Waals surface area contributed by atoms with Crippen LogP contribution < -0.4 is 0 Å². The first-order chi connectivity index (χ1) is 8.75. The van der Waals surface area contributed by atoms with Gasteiger partial charge >= 0.3 is 0 Å². The van der Waals surface area contributed by atoms with Crippen molar-refractivity contribution in [1.82, 2.24) is 4.57 Å². The van der Waals surface area contributed by atoms with E-state index in [-0.39, 0.29) is 6.10 Å². The number of hydrogen-bond acceptors (Lipinski definition) is 1. The standard InChI is InChI=1S/C16H19NO/c1-12-10-14-15(8-5-9-16(14)18)17(12)11-13-6-3-2-4-7-13/h2-4,6-7,10,16,18H,5,8-9,11H2,1H3. The molecule has 2 aromatic rings. The van der Waals surface area contributed by atoms with Crippen LogP contribution in [0, 0.1) is 6.92 Å².